The molecule has 4 aromatic rings. The third-order valence-corrected chi connectivity index (χ3v) is 6.29. The van der Waals surface area contributed by atoms with E-state index >= 15 is 0 Å². The summed E-state index contributed by atoms with van der Waals surface area (Å²) < 4.78 is 1.07. The van der Waals surface area contributed by atoms with Gasteiger partial charge in [0.25, 0.3) is 0 Å². The number of hydrogen-bond acceptors (Lipinski definition) is 0. The SMILES string of the molecule is Clc1cccc2c1-c1ccc(Br)cc1C2(c1ccccc1)c1ccccc1. The van der Waals surface area contributed by atoms with E-state index in [0.717, 1.165) is 15.1 Å². The summed E-state index contributed by atoms with van der Waals surface area (Å²) in [5.74, 6) is 0. The zero-order chi connectivity index (χ0) is 18.4. The Balaban J connectivity index is 2.01. The highest BCUT2D eigenvalue weighted by molar-refractivity contribution is 9.10. The molecule has 4 aromatic carbocycles. The van der Waals surface area contributed by atoms with Crippen molar-refractivity contribution >= 4 is 27.5 Å². The molecule has 1 aliphatic carbocycles. The first kappa shape index (κ1) is 16.8. The maximum Gasteiger partial charge on any atom is 0.0714 e. The second-order valence-electron chi connectivity index (χ2n) is 6.83. The van der Waals surface area contributed by atoms with E-state index in [9.17, 15) is 0 Å². The number of fused-ring (bicyclic) bond motifs is 3. The van der Waals surface area contributed by atoms with Crippen molar-refractivity contribution in [2.45, 2.75) is 5.41 Å². The molecule has 5 rings (SSSR count). The molecule has 27 heavy (non-hydrogen) atoms. The summed E-state index contributed by atoms with van der Waals surface area (Å²) in [6.07, 6.45) is 0. The second-order valence-corrected chi connectivity index (χ2v) is 8.16. The molecule has 0 fully saturated rings. The Labute approximate surface area is 172 Å². The summed E-state index contributed by atoms with van der Waals surface area (Å²) in [5.41, 5.74) is 6.94. The van der Waals surface area contributed by atoms with Crippen LogP contribution in [0, 0.1) is 0 Å². The van der Waals surface area contributed by atoms with Crippen LogP contribution in [0.25, 0.3) is 11.1 Å². The van der Waals surface area contributed by atoms with Crippen LogP contribution in [0.4, 0.5) is 0 Å². The van der Waals surface area contributed by atoms with Crippen molar-refractivity contribution in [3.05, 3.63) is 129 Å². The quantitative estimate of drug-likeness (QED) is 0.272. The maximum absolute atomic E-state index is 6.73. The number of rotatable bonds is 2. The normalized spacial score (nSPS) is 13.9. The molecule has 0 nitrogen and oxygen atoms in total. The standard InChI is InChI=1S/C25H16BrCl/c26-19-14-15-20-22(16-19)25(17-8-3-1-4-9-17,18-10-5-2-6-11-18)21-12-7-13-23(27)24(20)21/h1-16H. The number of halogens is 2. The molecular formula is C25H16BrCl. The maximum atomic E-state index is 6.73. The summed E-state index contributed by atoms with van der Waals surface area (Å²) in [6, 6.07) is 34.2. The van der Waals surface area contributed by atoms with Gasteiger partial charge in [-0.05, 0) is 46.0 Å². The van der Waals surface area contributed by atoms with Gasteiger partial charge in [0.1, 0.15) is 0 Å². The number of hydrogen-bond donors (Lipinski definition) is 0. The average molecular weight is 432 g/mol. The van der Waals surface area contributed by atoms with Crippen LogP contribution < -0.4 is 0 Å². The predicted molar refractivity (Wildman–Crippen MR) is 116 cm³/mol. The van der Waals surface area contributed by atoms with E-state index in [1.54, 1.807) is 0 Å². The van der Waals surface area contributed by atoms with Crippen LogP contribution >= 0.6 is 27.5 Å². The van der Waals surface area contributed by atoms with Crippen molar-refractivity contribution in [1.82, 2.24) is 0 Å². The minimum atomic E-state index is -0.387. The Kier molecular flexibility index (Phi) is 3.96. The average Bonchev–Trinajstić information content (AvgIpc) is 3.01. The first-order valence-corrected chi connectivity index (χ1v) is 10.1. The third-order valence-electron chi connectivity index (χ3n) is 5.49. The van der Waals surface area contributed by atoms with Gasteiger partial charge in [0.15, 0.2) is 0 Å². The molecular weight excluding hydrogens is 416 g/mol. The molecule has 0 heterocycles. The van der Waals surface area contributed by atoms with Crippen molar-refractivity contribution in [2.24, 2.45) is 0 Å². The zero-order valence-electron chi connectivity index (χ0n) is 14.5. The van der Waals surface area contributed by atoms with Gasteiger partial charge in [-0.2, -0.15) is 0 Å². The lowest BCUT2D eigenvalue weighted by atomic mass is 9.68. The molecule has 0 saturated heterocycles. The summed E-state index contributed by atoms with van der Waals surface area (Å²) in [6.45, 7) is 0. The van der Waals surface area contributed by atoms with Gasteiger partial charge in [0.05, 0.1) is 5.41 Å². The fourth-order valence-electron chi connectivity index (χ4n) is 4.47. The summed E-state index contributed by atoms with van der Waals surface area (Å²) >= 11 is 10.4. The third kappa shape index (κ3) is 2.35. The molecule has 1 aliphatic rings. The predicted octanol–water partition coefficient (Wildman–Crippen LogP) is 7.47. The van der Waals surface area contributed by atoms with E-state index in [-0.39, 0.29) is 5.41 Å². The smallest absolute Gasteiger partial charge is 0.0714 e. The molecule has 0 atom stereocenters. The van der Waals surface area contributed by atoms with Crippen molar-refractivity contribution in [2.75, 3.05) is 0 Å². The Morgan fingerprint density at radius 1 is 0.630 bits per heavy atom. The van der Waals surface area contributed by atoms with Gasteiger partial charge in [-0.3, -0.25) is 0 Å². The van der Waals surface area contributed by atoms with Gasteiger partial charge in [-0.15, -0.1) is 0 Å². The van der Waals surface area contributed by atoms with Crippen LogP contribution in [0.15, 0.2) is 102 Å². The highest BCUT2D eigenvalue weighted by atomic mass is 79.9. The molecule has 0 amide bonds. The highest BCUT2D eigenvalue weighted by Gasteiger charge is 2.46. The van der Waals surface area contributed by atoms with Crippen LogP contribution in [-0.4, -0.2) is 0 Å². The fraction of sp³-hybridized carbons (Fsp3) is 0.0400. The molecule has 0 aliphatic heterocycles. The largest absolute Gasteiger partial charge is 0.0837 e. The van der Waals surface area contributed by atoms with Gasteiger partial charge in [0.2, 0.25) is 0 Å². The fourth-order valence-corrected chi connectivity index (χ4v) is 5.10. The van der Waals surface area contributed by atoms with Gasteiger partial charge in [-0.25, -0.2) is 0 Å². The van der Waals surface area contributed by atoms with Crippen molar-refractivity contribution < 1.29 is 0 Å². The van der Waals surface area contributed by atoms with Crippen LogP contribution in [0.5, 0.6) is 0 Å². The topological polar surface area (TPSA) is 0 Å². The van der Waals surface area contributed by atoms with E-state index < -0.39 is 0 Å². The highest BCUT2D eigenvalue weighted by Crippen LogP contribution is 2.57. The molecule has 0 N–H and O–H groups in total. The van der Waals surface area contributed by atoms with E-state index in [0.29, 0.717) is 0 Å². The monoisotopic (exact) mass is 430 g/mol. The van der Waals surface area contributed by atoms with Crippen molar-refractivity contribution in [3.63, 3.8) is 0 Å². The lowest BCUT2D eigenvalue weighted by Crippen LogP contribution is -2.28. The van der Waals surface area contributed by atoms with Crippen LogP contribution in [0.3, 0.4) is 0 Å². The minimum absolute atomic E-state index is 0.387. The molecule has 0 radical (unpaired) electrons. The van der Waals surface area contributed by atoms with E-state index in [2.05, 4.69) is 107 Å². The molecule has 2 heteroatoms. The van der Waals surface area contributed by atoms with Crippen LogP contribution in [0.1, 0.15) is 22.3 Å². The minimum Gasteiger partial charge on any atom is -0.0837 e. The first-order valence-electron chi connectivity index (χ1n) is 8.93. The second kappa shape index (κ2) is 6.37. The Bertz CT molecular complexity index is 1090. The summed E-state index contributed by atoms with van der Waals surface area (Å²) in [4.78, 5) is 0. The van der Waals surface area contributed by atoms with Gasteiger partial charge in [-0.1, -0.05) is 106 Å². The molecule has 0 aromatic heterocycles. The molecule has 0 unspecified atom stereocenters. The van der Waals surface area contributed by atoms with E-state index in [1.807, 2.05) is 6.07 Å². The molecule has 0 bridgehead atoms. The van der Waals surface area contributed by atoms with Crippen molar-refractivity contribution in [3.8, 4) is 11.1 Å². The Morgan fingerprint density at radius 3 is 1.89 bits per heavy atom. The van der Waals surface area contributed by atoms with Gasteiger partial charge < -0.3 is 0 Å². The molecule has 0 saturated carbocycles. The van der Waals surface area contributed by atoms with E-state index in [4.69, 9.17) is 11.6 Å². The molecule has 130 valence electrons. The summed E-state index contributed by atoms with van der Waals surface area (Å²) in [5, 5.41) is 0.796. The molecule has 0 spiro atoms. The van der Waals surface area contributed by atoms with Gasteiger partial charge in [0, 0.05) is 15.1 Å². The Hall–Kier alpha value is -2.35. The van der Waals surface area contributed by atoms with Crippen LogP contribution in [0.2, 0.25) is 5.02 Å². The lowest BCUT2D eigenvalue weighted by Gasteiger charge is -2.34. The van der Waals surface area contributed by atoms with Crippen molar-refractivity contribution in [1.29, 1.82) is 0 Å². The zero-order valence-corrected chi connectivity index (χ0v) is 16.8. The van der Waals surface area contributed by atoms with E-state index in [1.165, 1.54) is 27.8 Å². The summed E-state index contributed by atoms with van der Waals surface area (Å²) in [7, 11) is 0. The first-order chi connectivity index (χ1) is 13.2. The number of benzene rings is 4. The Morgan fingerprint density at radius 2 is 1.26 bits per heavy atom. The lowest BCUT2D eigenvalue weighted by molar-refractivity contribution is 0.768. The van der Waals surface area contributed by atoms with Gasteiger partial charge >= 0.3 is 0 Å². The van der Waals surface area contributed by atoms with Crippen LogP contribution in [-0.2, 0) is 5.41 Å².